The van der Waals surface area contributed by atoms with Crippen molar-refractivity contribution in [2.75, 3.05) is 6.54 Å². The Morgan fingerprint density at radius 3 is 2.92 bits per heavy atom. The third kappa shape index (κ3) is 4.06. The summed E-state index contributed by atoms with van der Waals surface area (Å²) in [6, 6.07) is 7.90. The number of hydrogen-bond donors (Lipinski definition) is 3. The standard InChI is InChI=1S/C18H20N4O2S/c1-11(21-12(2)23)18-22-16(10-25-18)17(24)19-8-7-13-9-20-15-6-4-3-5-14(13)15/h3-6,9-11,20H,7-8H2,1-2H3,(H,19,24)(H,21,23)/t11-/m0/s1. The van der Waals surface area contributed by atoms with Crippen molar-refractivity contribution < 1.29 is 9.59 Å². The van der Waals surface area contributed by atoms with Gasteiger partial charge in [0.25, 0.3) is 5.91 Å². The first-order chi connectivity index (χ1) is 12.0. The first-order valence-corrected chi connectivity index (χ1v) is 8.98. The molecule has 0 aliphatic carbocycles. The summed E-state index contributed by atoms with van der Waals surface area (Å²) in [5.41, 5.74) is 2.66. The number of H-pyrrole nitrogens is 1. The minimum Gasteiger partial charge on any atom is -0.361 e. The lowest BCUT2D eigenvalue weighted by Crippen LogP contribution is -2.26. The molecule has 3 rings (SSSR count). The number of carbonyl (C=O) groups is 2. The molecule has 3 aromatic rings. The Bertz CT molecular complexity index is 899. The van der Waals surface area contributed by atoms with Crippen LogP contribution in [0.25, 0.3) is 10.9 Å². The third-order valence-electron chi connectivity index (χ3n) is 3.90. The number of nitrogens with one attached hydrogen (secondary N) is 3. The molecule has 2 amide bonds. The van der Waals surface area contributed by atoms with Gasteiger partial charge in [0.1, 0.15) is 10.7 Å². The van der Waals surface area contributed by atoms with Crippen molar-refractivity contribution in [1.29, 1.82) is 0 Å². The van der Waals surface area contributed by atoms with Gasteiger partial charge in [0.15, 0.2) is 0 Å². The SMILES string of the molecule is CC(=O)N[C@@H](C)c1nc(C(=O)NCCc2c[nH]c3ccccc23)cs1. The zero-order valence-electron chi connectivity index (χ0n) is 14.1. The first-order valence-electron chi connectivity index (χ1n) is 8.10. The molecule has 7 heteroatoms. The van der Waals surface area contributed by atoms with Crippen LogP contribution in [0.15, 0.2) is 35.8 Å². The minimum absolute atomic E-state index is 0.118. The fraction of sp³-hybridized carbons (Fsp3) is 0.278. The van der Waals surface area contributed by atoms with Crippen LogP contribution in [0.5, 0.6) is 0 Å². The number of thiazole rings is 1. The second-order valence-electron chi connectivity index (χ2n) is 5.86. The van der Waals surface area contributed by atoms with Crippen LogP contribution in [-0.2, 0) is 11.2 Å². The van der Waals surface area contributed by atoms with Crippen molar-refractivity contribution in [3.8, 4) is 0 Å². The molecule has 1 atom stereocenters. The summed E-state index contributed by atoms with van der Waals surface area (Å²) >= 11 is 1.37. The van der Waals surface area contributed by atoms with E-state index >= 15 is 0 Å². The number of benzene rings is 1. The van der Waals surface area contributed by atoms with Crippen LogP contribution < -0.4 is 10.6 Å². The summed E-state index contributed by atoms with van der Waals surface area (Å²) in [6.45, 7) is 3.84. The molecule has 1 aromatic carbocycles. The van der Waals surface area contributed by atoms with Gasteiger partial charge in [0.2, 0.25) is 5.91 Å². The Hall–Kier alpha value is -2.67. The summed E-state index contributed by atoms with van der Waals surface area (Å²) in [7, 11) is 0. The number of aromatic amines is 1. The van der Waals surface area contributed by atoms with Crippen LogP contribution >= 0.6 is 11.3 Å². The highest BCUT2D eigenvalue weighted by molar-refractivity contribution is 7.09. The minimum atomic E-state index is -0.199. The third-order valence-corrected chi connectivity index (χ3v) is 4.93. The quantitative estimate of drug-likeness (QED) is 0.635. The van der Waals surface area contributed by atoms with Gasteiger partial charge >= 0.3 is 0 Å². The molecule has 6 nitrogen and oxygen atoms in total. The molecule has 0 saturated carbocycles. The molecule has 0 radical (unpaired) electrons. The van der Waals surface area contributed by atoms with Crippen LogP contribution in [0, 0.1) is 0 Å². The molecule has 0 saturated heterocycles. The Morgan fingerprint density at radius 1 is 1.32 bits per heavy atom. The van der Waals surface area contributed by atoms with E-state index in [1.807, 2.05) is 31.3 Å². The lowest BCUT2D eigenvalue weighted by atomic mass is 10.1. The van der Waals surface area contributed by atoms with Gasteiger partial charge in [-0.05, 0) is 25.0 Å². The van der Waals surface area contributed by atoms with Gasteiger partial charge in [0, 0.05) is 35.9 Å². The molecule has 2 heterocycles. The number of aromatic nitrogens is 2. The molecule has 0 bridgehead atoms. The summed E-state index contributed by atoms with van der Waals surface area (Å²) in [6.07, 6.45) is 2.72. The predicted octanol–water partition coefficient (Wildman–Crippen LogP) is 2.79. The van der Waals surface area contributed by atoms with E-state index in [2.05, 4.69) is 26.7 Å². The van der Waals surface area contributed by atoms with Crippen molar-refractivity contribution in [3.05, 3.63) is 52.1 Å². The average molecular weight is 356 g/mol. The van der Waals surface area contributed by atoms with Gasteiger partial charge < -0.3 is 15.6 Å². The summed E-state index contributed by atoms with van der Waals surface area (Å²) in [5, 5.41) is 9.28. The Labute approximate surface area is 149 Å². The monoisotopic (exact) mass is 356 g/mol. The van der Waals surface area contributed by atoms with Crippen LogP contribution in [0.2, 0.25) is 0 Å². The zero-order chi connectivity index (χ0) is 17.8. The Balaban J connectivity index is 1.56. The molecule has 25 heavy (non-hydrogen) atoms. The van der Waals surface area contributed by atoms with Crippen molar-refractivity contribution in [3.63, 3.8) is 0 Å². The fourth-order valence-corrected chi connectivity index (χ4v) is 3.50. The van der Waals surface area contributed by atoms with E-state index in [4.69, 9.17) is 0 Å². The maximum atomic E-state index is 12.2. The summed E-state index contributed by atoms with van der Waals surface area (Å²) < 4.78 is 0. The lowest BCUT2D eigenvalue weighted by molar-refractivity contribution is -0.119. The van der Waals surface area contributed by atoms with Crippen LogP contribution in [-0.4, -0.2) is 28.3 Å². The summed E-state index contributed by atoms with van der Waals surface area (Å²) in [5.74, 6) is -0.315. The van der Waals surface area contributed by atoms with E-state index in [0.717, 1.165) is 16.9 Å². The highest BCUT2D eigenvalue weighted by Crippen LogP contribution is 2.19. The van der Waals surface area contributed by atoms with Gasteiger partial charge in [-0.15, -0.1) is 11.3 Å². The van der Waals surface area contributed by atoms with Crippen molar-refractivity contribution in [2.24, 2.45) is 0 Å². The Morgan fingerprint density at radius 2 is 2.12 bits per heavy atom. The molecule has 0 spiro atoms. The van der Waals surface area contributed by atoms with Gasteiger partial charge in [0.05, 0.1) is 6.04 Å². The highest BCUT2D eigenvalue weighted by atomic mass is 32.1. The number of fused-ring (bicyclic) bond motifs is 1. The van der Waals surface area contributed by atoms with Crippen molar-refractivity contribution in [2.45, 2.75) is 26.3 Å². The molecule has 0 aliphatic rings. The van der Waals surface area contributed by atoms with E-state index in [1.165, 1.54) is 29.2 Å². The van der Waals surface area contributed by atoms with Crippen molar-refractivity contribution in [1.82, 2.24) is 20.6 Å². The first kappa shape index (κ1) is 17.2. The molecular formula is C18H20N4O2S. The molecule has 3 N–H and O–H groups in total. The van der Waals surface area contributed by atoms with E-state index in [9.17, 15) is 9.59 Å². The van der Waals surface area contributed by atoms with Crippen LogP contribution in [0.4, 0.5) is 0 Å². The van der Waals surface area contributed by atoms with Crippen LogP contribution in [0.1, 0.15) is 40.9 Å². The van der Waals surface area contributed by atoms with Gasteiger partial charge in [-0.1, -0.05) is 18.2 Å². The fourth-order valence-electron chi connectivity index (χ4n) is 2.70. The molecule has 0 fully saturated rings. The molecular weight excluding hydrogens is 336 g/mol. The largest absolute Gasteiger partial charge is 0.361 e. The second kappa shape index (κ2) is 7.48. The maximum Gasteiger partial charge on any atom is 0.270 e. The number of rotatable bonds is 6. The zero-order valence-corrected chi connectivity index (χ0v) is 14.9. The smallest absolute Gasteiger partial charge is 0.270 e. The number of amides is 2. The maximum absolute atomic E-state index is 12.2. The van der Waals surface area contributed by atoms with Crippen LogP contribution in [0.3, 0.4) is 0 Å². The number of hydrogen-bond acceptors (Lipinski definition) is 4. The molecule has 2 aromatic heterocycles. The summed E-state index contributed by atoms with van der Waals surface area (Å²) in [4.78, 5) is 30.9. The van der Waals surface area contributed by atoms with E-state index in [0.29, 0.717) is 12.2 Å². The number of carbonyl (C=O) groups excluding carboxylic acids is 2. The Kier molecular flexibility index (Phi) is 5.14. The van der Waals surface area contributed by atoms with E-state index < -0.39 is 0 Å². The van der Waals surface area contributed by atoms with Gasteiger partial charge in [-0.25, -0.2) is 4.98 Å². The van der Waals surface area contributed by atoms with E-state index in [1.54, 1.807) is 5.38 Å². The van der Waals surface area contributed by atoms with Gasteiger partial charge in [-0.3, -0.25) is 9.59 Å². The lowest BCUT2D eigenvalue weighted by Gasteiger charge is -2.08. The average Bonchev–Trinajstić information content (AvgIpc) is 3.21. The normalized spacial score (nSPS) is 12.1. The molecule has 0 aliphatic heterocycles. The topological polar surface area (TPSA) is 86.9 Å². The van der Waals surface area contributed by atoms with Crippen molar-refractivity contribution >= 4 is 34.1 Å². The molecule has 0 unspecified atom stereocenters. The second-order valence-corrected chi connectivity index (χ2v) is 6.75. The molecule has 130 valence electrons. The number of nitrogens with zero attached hydrogens (tertiary/aromatic N) is 1. The highest BCUT2D eigenvalue weighted by Gasteiger charge is 2.15. The van der Waals surface area contributed by atoms with Gasteiger partial charge in [-0.2, -0.15) is 0 Å². The predicted molar refractivity (Wildman–Crippen MR) is 98.7 cm³/mol. The van der Waals surface area contributed by atoms with E-state index in [-0.39, 0.29) is 17.9 Å². The number of para-hydroxylation sites is 1.